The minimum Gasteiger partial charge on any atom is -0.322 e. The molecule has 0 saturated heterocycles. The predicted octanol–water partition coefficient (Wildman–Crippen LogP) is 5.62. The SMILES string of the molecule is Cc1ccc(NC(=O)c2cncc(C(C)(F)F)c2)cc1-c1cncc(-c2cc(NC(=O)C3CC3)ncn2)c1. The van der Waals surface area contributed by atoms with E-state index in [1.54, 1.807) is 30.6 Å². The van der Waals surface area contributed by atoms with E-state index in [-0.39, 0.29) is 23.0 Å². The van der Waals surface area contributed by atoms with Crippen LogP contribution in [-0.4, -0.2) is 31.8 Å². The second-order valence-corrected chi connectivity index (χ2v) is 9.35. The molecule has 3 aromatic heterocycles. The van der Waals surface area contributed by atoms with Crippen LogP contribution in [0.3, 0.4) is 0 Å². The highest BCUT2D eigenvalue weighted by atomic mass is 19.3. The summed E-state index contributed by atoms with van der Waals surface area (Å²) < 4.78 is 27.3. The van der Waals surface area contributed by atoms with Gasteiger partial charge in [0.15, 0.2) is 0 Å². The molecule has 0 atom stereocenters. The Kier molecular flexibility index (Phi) is 6.62. The normalized spacial score (nSPS) is 13.2. The van der Waals surface area contributed by atoms with Crippen molar-refractivity contribution in [2.75, 3.05) is 10.6 Å². The van der Waals surface area contributed by atoms with Crippen molar-refractivity contribution in [3.05, 3.63) is 84.2 Å². The first-order valence-corrected chi connectivity index (χ1v) is 12.0. The van der Waals surface area contributed by atoms with Crippen molar-refractivity contribution in [1.29, 1.82) is 0 Å². The Hall–Kier alpha value is -4.60. The predicted molar refractivity (Wildman–Crippen MR) is 139 cm³/mol. The summed E-state index contributed by atoms with van der Waals surface area (Å²) in [5.74, 6) is -3.21. The second-order valence-electron chi connectivity index (χ2n) is 9.35. The maximum atomic E-state index is 13.7. The van der Waals surface area contributed by atoms with E-state index in [0.29, 0.717) is 17.2 Å². The molecule has 0 spiro atoms. The second kappa shape index (κ2) is 10.0. The van der Waals surface area contributed by atoms with Gasteiger partial charge in [-0.1, -0.05) is 6.07 Å². The molecule has 0 unspecified atom stereocenters. The summed E-state index contributed by atoms with van der Waals surface area (Å²) in [4.78, 5) is 41.5. The van der Waals surface area contributed by atoms with Crippen LogP contribution in [0.2, 0.25) is 0 Å². The van der Waals surface area contributed by atoms with Gasteiger partial charge in [0.25, 0.3) is 11.8 Å². The molecule has 1 saturated carbocycles. The van der Waals surface area contributed by atoms with E-state index in [1.807, 2.05) is 19.1 Å². The van der Waals surface area contributed by atoms with Gasteiger partial charge >= 0.3 is 0 Å². The minimum atomic E-state index is -3.11. The Bertz CT molecular complexity index is 1530. The van der Waals surface area contributed by atoms with Gasteiger partial charge in [-0.2, -0.15) is 0 Å². The Morgan fingerprint density at radius 3 is 2.45 bits per heavy atom. The summed E-state index contributed by atoms with van der Waals surface area (Å²) >= 11 is 0. The Labute approximate surface area is 217 Å². The van der Waals surface area contributed by atoms with Gasteiger partial charge in [0.1, 0.15) is 12.1 Å². The molecule has 2 N–H and O–H groups in total. The molecule has 3 heterocycles. The van der Waals surface area contributed by atoms with Crippen molar-refractivity contribution >= 4 is 23.3 Å². The van der Waals surface area contributed by atoms with Gasteiger partial charge in [-0.3, -0.25) is 19.6 Å². The molecular formula is C28H24F2N6O2. The lowest BCUT2D eigenvalue weighted by Crippen LogP contribution is -2.15. The molecule has 4 aromatic rings. The summed E-state index contributed by atoms with van der Waals surface area (Å²) in [5, 5.41) is 5.58. The Morgan fingerprint density at radius 1 is 0.921 bits per heavy atom. The fourth-order valence-corrected chi connectivity index (χ4v) is 3.90. The number of benzene rings is 1. The largest absolute Gasteiger partial charge is 0.322 e. The highest BCUT2D eigenvalue weighted by molar-refractivity contribution is 6.04. The number of hydrogen-bond donors (Lipinski definition) is 2. The smallest absolute Gasteiger partial charge is 0.272 e. The number of rotatable bonds is 7. The van der Waals surface area contributed by atoms with Crippen molar-refractivity contribution in [3.8, 4) is 22.4 Å². The molecule has 0 aliphatic heterocycles. The van der Waals surface area contributed by atoms with E-state index >= 15 is 0 Å². The number of nitrogens with zero attached hydrogens (tertiary/aromatic N) is 4. The van der Waals surface area contributed by atoms with Crippen LogP contribution in [0.1, 0.15) is 41.3 Å². The van der Waals surface area contributed by atoms with Gasteiger partial charge in [0, 0.05) is 66.1 Å². The first-order valence-electron chi connectivity index (χ1n) is 12.0. The Morgan fingerprint density at radius 2 is 1.68 bits per heavy atom. The molecule has 1 aliphatic rings. The van der Waals surface area contributed by atoms with E-state index in [1.165, 1.54) is 12.5 Å². The number of carbonyl (C=O) groups excluding carboxylic acids is 2. The molecule has 5 rings (SSSR count). The number of anilines is 2. The standard InChI is InChI=1S/C28H24F2N6O2/c1-16-3-6-22(35-27(38)20-8-21(14-32-13-20)28(2,29)30)9-23(16)18-7-19(12-31-11-18)24-10-25(34-15-33-24)36-26(37)17-4-5-17/h3,6-15,17H,4-5H2,1-2H3,(H,35,38)(H,33,34,36,37). The van der Waals surface area contributed by atoms with Crippen molar-refractivity contribution in [2.24, 2.45) is 5.92 Å². The first-order chi connectivity index (χ1) is 18.2. The summed E-state index contributed by atoms with van der Waals surface area (Å²) in [6.45, 7) is 2.69. The van der Waals surface area contributed by atoms with Gasteiger partial charge in [-0.15, -0.1) is 0 Å². The minimum absolute atomic E-state index is 0.0307. The Balaban J connectivity index is 1.38. The van der Waals surface area contributed by atoms with Crippen LogP contribution in [-0.2, 0) is 10.7 Å². The molecule has 0 bridgehead atoms. The molecule has 1 fully saturated rings. The van der Waals surface area contributed by atoms with Crippen LogP contribution in [0.25, 0.3) is 22.4 Å². The zero-order valence-electron chi connectivity index (χ0n) is 20.7. The molecule has 2 amide bonds. The lowest BCUT2D eigenvalue weighted by molar-refractivity contribution is -0.117. The third kappa shape index (κ3) is 5.69. The van der Waals surface area contributed by atoms with E-state index in [9.17, 15) is 18.4 Å². The molecule has 0 radical (unpaired) electrons. The molecular weight excluding hydrogens is 490 g/mol. The quantitative estimate of drug-likeness (QED) is 0.331. The van der Waals surface area contributed by atoms with E-state index in [4.69, 9.17) is 0 Å². The molecule has 10 heteroatoms. The van der Waals surface area contributed by atoms with Crippen LogP contribution in [0.4, 0.5) is 20.3 Å². The zero-order valence-corrected chi connectivity index (χ0v) is 20.7. The van der Waals surface area contributed by atoms with Crippen LogP contribution < -0.4 is 10.6 Å². The summed E-state index contributed by atoms with van der Waals surface area (Å²) in [5.41, 5.74) is 4.05. The fraction of sp³-hybridized carbons (Fsp3) is 0.214. The number of nitrogens with one attached hydrogen (secondary N) is 2. The van der Waals surface area contributed by atoms with Crippen molar-refractivity contribution in [1.82, 2.24) is 19.9 Å². The fourth-order valence-electron chi connectivity index (χ4n) is 3.90. The average Bonchev–Trinajstić information content (AvgIpc) is 3.75. The number of halogens is 2. The molecule has 1 aromatic carbocycles. The van der Waals surface area contributed by atoms with E-state index in [0.717, 1.165) is 54.3 Å². The van der Waals surface area contributed by atoms with Gasteiger partial charge in [0.2, 0.25) is 5.91 Å². The lowest BCUT2D eigenvalue weighted by atomic mass is 9.99. The number of hydrogen-bond acceptors (Lipinski definition) is 6. The number of pyridine rings is 2. The van der Waals surface area contributed by atoms with Gasteiger partial charge < -0.3 is 10.6 Å². The first kappa shape index (κ1) is 25.1. The van der Waals surface area contributed by atoms with Crippen molar-refractivity contribution in [3.63, 3.8) is 0 Å². The maximum absolute atomic E-state index is 13.7. The van der Waals surface area contributed by atoms with Gasteiger partial charge in [-0.05, 0) is 55.2 Å². The molecule has 8 nitrogen and oxygen atoms in total. The summed E-state index contributed by atoms with van der Waals surface area (Å²) in [7, 11) is 0. The summed E-state index contributed by atoms with van der Waals surface area (Å²) in [6, 6.07) is 10.1. The van der Waals surface area contributed by atoms with E-state index < -0.39 is 11.8 Å². The van der Waals surface area contributed by atoms with Crippen molar-refractivity contribution in [2.45, 2.75) is 32.6 Å². The van der Waals surface area contributed by atoms with E-state index in [2.05, 4.69) is 30.6 Å². The van der Waals surface area contributed by atoms with Gasteiger partial charge in [-0.25, -0.2) is 18.7 Å². The highest BCUT2D eigenvalue weighted by Crippen LogP contribution is 2.32. The number of aromatic nitrogens is 4. The topological polar surface area (TPSA) is 110 Å². The van der Waals surface area contributed by atoms with Crippen molar-refractivity contribution < 1.29 is 18.4 Å². The van der Waals surface area contributed by atoms with Crippen LogP contribution >= 0.6 is 0 Å². The summed E-state index contributed by atoms with van der Waals surface area (Å²) in [6.07, 6.45) is 8.84. The number of alkyl halides is 2. The molecule has 1 aliphatic carbocycles. The number of carbonyl (C=O) groups is 2. The monoisotopic (exact) mass is 514 g/mol. The van der Waals surface area contributed by atoms with Crippen LogP contribution in [0, 0.1) is 12.8 Å². The third-order valence-corrected chi connectivity index (χ3v) is 6.21. The maximum Gasteiger partial charge on any atom is 0.272 e. The number of aryl methyl sites for hydroxylation is 1. The highest BCUT2D eigenvalue weighted by Gasteiger charge is 2.30. The van der Waals surface area contributed by atoms with Gasteiger partial charge in [0.05, 0.1) is 11.3 Å². The van der Waals surface area contributed by atoms with Crippen LogP contribution in [0.15, 0.2) is 67.5 Å². The number of amides is 2. The third-order valence-electron chi connectivity index (χ3n) is 6.21. The lowest BCUT2D eigenvalue weighted by Gasteiger charge is -2.13. The van der Waals surface area contributed by atoms with Crippen LogP contribution in [0.5, 0.6) is 0 Å². The zero-order chi connectivity index (χ0) is 26.9. The molecule has 38 heavy (non-hydrogen) atoms. The average molecular weight is 515 g/mol. The molecule has 192 valence electrons.